The first kappa shape index (κ1) is 23.9. The highest BCUT2D eigenvalue weighted by molar-refractivity contribution is 7.85. The van der Waals surface area contributed by atoms with Crippen molar-refractivity contribution in [3.8, 4) is 5.75 Å². The fourth-order valence-corrected chi connectivity index (χ4v) is 6.19. The van der Waals surface area contributed by atoms with Crippen molar-refractivity contribution in [2.24, 2.45) is 5.41 Å². The van der Waals surface area contributed by atoms with E-state index in [1.54, 1.807) is 11.0 Å². The van der Waals surface area contributed by atoms with Crippen molar-refractivity contribution in [3.63, 3.8) is 0 Å². The van der Waals surface area contributed by atoms with Gasteiger partial charge >= 0.3 is 0 Å². The molecule has 0 bridgehead atoms. The molecule has 35 heavy (non-hydrogen) atoms. The Kier molecular flexibility index (Phi) is 6.63. The van der Waals surface area contributed by atoms with Crippen LogP contribution >= 0.6 is 0 Å². The monoisotopic (exact) mass is 497 g/mol. The van der Waals surface area contributed by atoms with Gasteiger partial charge in [-0.25, -0.2) is 0 Å². The molecule has 8 nitrogen and oxygen atoms in total. The van der Waals surface area contributed by atoms with Gasteiger partial charge in [-0.1, -0.05) is 31.2 Å². The van der Waals surface area contributed by atoms with E-state index in [1.165, 1.54) is 5.57 Å². The third-order valence-corrected chi connectivity index (χ3v) is 8.58. The van der Waals surface area contributed by atoms with E-state index in [2.05, 4.69) is 35.4 Å². The van der Waals surface area contributed by atoms with E-state index in [1.807, 2.05) is 12.1 Å². The minimum Gasteiger partial charge on any atom is -0.492 e. The Morgan fingerprint density at radius 1 is 1.20 bits per heavy atom. The van der Waals surface area contributed by atoms with Crippen LogP contribution in [0.1, 0.15) is 42.1 Å². The average Bonchev–Trinajstić information content (AvgIpc) is 3.18. The molecule has 2 atom stereocenters. The smallest absolute Gasteiger partial charge is 0.255 e. The maximum atomic E-state index is 13.0. The number of hydrogen-bond acceptors (Lipinski definition) is 6. The number of rotatable bonds is 6. The van der Waals surface area contributed by atoms with Gasteiger partial charge in [0.05, 0.1) is 13.2 Å². The summed E-state index contributed by atoms with van der Waals surface area (Å²) in [4.78, 5) is 40.8. The summed E-state index contributed by atoms with van der Waals surface area (Å²) in [5.41, 5.74) is 2.47. The number of hydrogen-bond donors (Lipinski definition) is 1. The summed E-state index contributed by atoms with van der Waals surface area (Å²) in [7, 11) is -0.664. The first-order chi connectivity index (χ1) is 16.8. The van der Waals surface area contributed by atoms with Crippen molar-refractivity contribution in [2.75, 3.05) is 37.7 Å². The standard InChI is InChI=1S/C26H31N3O5S/c1-26(9-7-18(8-10-26)15-28-11-13-35(33)14-12-28)17-34-22-4-2-3-19-20(22)16-29(25(19)32)21-5-6-23(30)27-24(21)31/h2-4,7-9,21H,5-6,10-17H2,1H3,(H,27,30,31). The van der Waals surface area contributed by atoms with Gasteiger partial charge in [0.1, 0.15) is 11.8 Å². The summed E-state index contributed by atoms with van der Waals surface area (Å²) in [6, 6.07) is 4.81. The van der Waals surface area contributed by atoms with Crippen molar-refractivity contribution in [1.82, 2.24) is 15.1 Å². The number of nitrogens with zero attached hydrogens (tertiary/aromatic N) is 2. The van der Waals surface area contributed by atoms with Crippen molar-refractivity contribution < 1.29 is 23.3 Å². The highest BCUT2D eigenvalue weighted by Gasteiger charge is 2.40. The lowest BCUT2D eigenvalue weighted by Crippen LogP contribution is -2.52. The van der Waals surface area contributed by atoms with E-state index >= 15 is 0 Å². The normalized spacial score (nSPS) is 27.6. The van der Waals surface area contributed by atoms with E-state index in [0.717, 1.165) is 43.1 Å². The molecule has 0 spiro atoms. The number of allylic oxidation sites excluding steroid dienone is 1. The largest absolute Gasteiger partial charge is 0.492 e. The quantitative estimate of drug-likeness (QED) is 0.602. The Morgan fingerprint density at radius 3 is 2.71 bits per heavy atom. The van der Waals surface area contributed by atoms with E-state index in [4.69, 9.17) is 4.74 Å². The summed E-state index contributed by atoms with van der Waals surface area (Å²) >= 11 is 0. The number of carbonyl (C=O) groups is 3. The van der Waals surface area contributed by atoms with Crippen LogP contribution in [0.25, 0.3) is 0 Å². The van der Waals surface area contributed by atoms with Crippen molar-refractivity contribution in [1.29, 1.82) is 0 Å². The number of amides is 3. The highest BCUT2D eigenvalue weighted by Crippen LogP contribution is 2.36. The molecular formula is C26H31N3O5S. The topological polar surface area (TPSA) is 96.0 Å². The van der Waals surface area contributed by atoms with Gasteiger partial charge in [-0.3, -0.25) is 28.8 Å². The molecule has 4 aliphatic rings. The van der Waals surface area contributed by atoms with Crippen LogP contribution in [0.15, 0.2) is 42.0 Å². The van der Waals surface area contributed by atoms with Crippen molar-refractivity contribution in [3.05, 3.63) is 53.1 Å². The second-order valence-electron chi connectivity index (χ2n) is 10.1. The Bertz CT molecular complexity index is 1140. The SMILES string of the molecule is CC1(COc2cccc3c2CN(C2CCC(=O)NC2=O)C3=O)C=CC(CN2CCS(=O)CC2)=CC1. The number of ether oxygens (including phenoxy) is 1. The molecule has 2 saturated heterocycles. The van der Waals surface area contributed by atoms with E-state index in [-0.39, 0.29) is 23.7 Å². The second-order valence-corrected chi connectivity index (χ2v) is 11.8. The van der Waals surface area contributed by atoms with Crippen LogP contribution in [0.3, 0.4) is 0 Å². The predicted molar refractivity (Wildman–Crippen MR) is 132 cm³/mol. The van der Waals surface area contributed by atoms with Gasteiger partial charge in [-0.15, -0.1) is 0 Å². The Hall–Kier alpha value is -2.78. The third-order valence-electron chi connectivity index (χ3n) is 7.30. The molecule has 1 N–H and O–H groups in total. The molecule has 1 aliphatic carbocycles. The van der Waals surface area contributed by atoms with E-state index in [9.17, 15) is 18.6 Å². The first-order valence-corrected chi connectivity index (χ1v) is 13.7. The number of fused-ring (bicyclic) bond motifs is 1. The molecule has 1 aromatic carbocycles. The van der Waals surface area contributed by atoms with Crippen LogP contribution < -0.4 is 10.1 Å². The predicted octanol–water partition coefficient (Wildman–Crippen LogP) is 1.78. The summed E-state index contributed by atoms with van der Waals surface area (Å²) in [5.74, 6) is 1.28. The minimum atomic E-state index is -0.664. The molecule has 9 heteroatoms. The summed E-state index contributed by atoms with van der Waals surface area (Å²) < 4.78 is 17.8. The number of benzene rings is 1. The molecule has 0 saturated carbocycles. The Labute approximate surface area is 207 Å². The zero-order chi connectivity index (χ0) is 24.6. The molecular weight excluding hydrogens is 466 g/mol. The molecule has 186 valence electrons. The van der Waals surface area contributed by atoms with Gasteiger partial charge in [0, 0.05) is 64.9 Å². The lowest BCUT2D eigenvalue weighted by molar-refractivity contribution is -0.136. The summed E-state index contributed by atoms with van der Waals surface area (Å²) in [6.07, 6.45) is 8.06. The maximum Gasteiger partial charge on any atom is 0.255 e. The van der Waals surface area contributed by atoms with Crippen LogP contribution in [0.2, 0.25) is 0 Å². The molecule has 0 radical (unpaired) electrons. The van der Waals surface area contributed by atoms with Crippen LogP contribution in [-0.4, -0.2) is 75.5 Å². The molecule has 5 rings (SSSR count). The van der Waals surface area contributed by atoms with Crippen LogP contribution in [0.5, 0.6) is 5.75 Å². The molecule has 3 amide bonds. The van der Waals surface area contributed by atoms with Gasteiger partial charge in [-0.05, 0) is 30.5 Å². The second kappa shape index (κ2) is 9.70. The molecule has 0 aromatic heterocycles. The average molecular weight is 498 g/mol. The highest BCUT2D eigenvalue weighted by atomic mass is 32.2. The number of imide groups is 1. The Morgan fingerprint density at radius 2 is 2.00 bits per heavy atom. The zero-order valence-electron chi connectivity index (χ0n) is 20.0. The lowest BCUT2D eigenvalue weighted by Gasteiger charge is -2.31. The van der Waals surface area contributed by atoms with Gasteiger partial charge in [-0.2, -0.15) is 0 Å². The Balaban J connectivity index is 1.21. The van der Waals surface area contributed by atoms with E-state index < -0.39 is 22.7 Å². The number of piperidine rings is 1. The van der Waals surface area contributed by atoms with Crippen LogP contribution in [0.4, 0.5) is 0 Å². The van der Waals surface area contributed by atoms with Gasteiger partial charge in [0.2, 0.25) is 11.8 Å². The van der Waals surface area contributed by atoms with Crippen molar-refractivity contribution in [2.45, 2.75) is 38.8 Å². The number of nitrogens with one attached hydrogen (secondary N) is 1. The van der Waals surface area contributed by atoms with Crippen LogP contribution in [0, 0.1) is 5.41 Å². The first-order valence-electron chi connectivity index (χ1n) is 12.2. The van der Waals surface area contributed by atoms with Gasteiger partial charge in [0.15, 0.2) is 0 Å². The van der Waals surface area contributed by atoms with Gasteiger partial charge in [0.25, 0.3) is 5.91 Å². The fraction of sp³-hybridized carbons (Fsp3) is 0.500. The molecule has 2 fully saturated rings. The molecule has 1 aromatic rings. The number of carbonyl (C=O) groups excluding carboxylic acids is 3. The van der Waals surface area contributed by atoms with Gasteiger partial charge < -0.3 is 9.64 Å². The minimum absolute atomic E-state index is 0.165. The molecule has 3 heterocycles. The molecule has 2 unspecified atom stereocenters. The van der Waals surface area contributed by atoms with Crippen LogP contribution in [-0.2, 0) is 26.9 Å². The van der Waals surface area contributed by atoms with Crippen molar-refractivity contribution >= 4 is 28.5 Å². The fourth-order valence-electron chi connectivity index (χ4n) is 5.06. The molecule has 3 aliphatic heterocycles. The lowest BCUT2D eigenvalue weighted by atomic mass is 9.82. The summed E-state index contributed by atoms with van der Waals surface area (Å²) in [5, 5.41) is 2.34. The van der Waals surface area contributed by atoms with E-state index in [0.29, 0.717) is 30.9 Å². The maximum absolute atomic E-state index is 13.0. The summed E-state index contributed by atoms with van der Waals surface area (Å²) in [6.45, 7) is 5.57. The zero-order valence-corrected chi connectivity index (χ0v) is 20.8. The third kappa shape index (κ3) is 5.11.